The normalized spacial score (nSPS) is 12.8. The van der Waals surface area contributed by atoms with E-state index in [0.29, 0.717) is 4.47 Å². The lowest BCUT2D eigenvalue weighted by Gasteiger charge is -2.13. The largest absolute Gasteiger partial charge is 0.506 e. The van der Waals surface area contributed by atoms with Crippen LogP contribution in [0, 0.1) is 0 Å². The molecule has 0 saturated heterocycles. The summed E-state index contributed by atoms with van der Waals surface area (Å²) in [4.78, 5) is 0. The number of phenolic OH excluding ortho intramolecular Hbond substituents is 1. The second kappa shape index (κ2) is 5.37. The van der Waals surface area contributed by atoms with E-state index in [9.17, 15) is 5.11 Å². The van der Waals surface area contributed by atoms with E-state index in [0.717, 1.165) is 24.8 Å². The van der Waals surface area contributed by atoms with Crippen molar-refractivity contribution in [3.63, 3.8) is 0 Å². The van der Waals surface area contributed by atoms with Crippen LogP contribution in [0.25, 0.3) is 0 Å². The van der Waals surface area contributed by atoms with Gasteiger partial charge >= 0.3 is 0 Å². The van der Waals surface area contributed by atoms with Crippen molar-refractivity contribution < 1.29 is 5.11 Å². The van der Waals surface area contributed by atoms with Gasteiger partial charge in [0.05, 0.1) is 4.47 Å². The van der Waals surface area contributed by atoms with E-state index in [2.05, 4.69) is 22.9 Å². The van der Waals surface area contributed by atoms with Gasteiger partial charge in [-0.2, -0.15) is 0 Å². The first kappa shape index (κ1) is 11.5. The predicted octanol–water partition coefficient (Wildman–Crippen LogP) is 3.34. The summed E-state index contributed by atoms with van der Waals surface area (Å²) < 4.78 is 0.710. The highest BCUT2D eigenvalue weighted by molar-refractivity contribution is 9.10. The van der Waals surface area contributed by atoms with Crippen LogP contribution in [0.2, 0.25) is 0 Å². The summed E-state index contributed by atoms with van der Waals surface area (Å²) in [7, 11) is 0. The third kappa shape index (κ3) is 2.72. The van der Waals surface area contributed by atoms with Gasteiger partial charge in [0.2, 0.25) is 0 Å². The van der Waals surface area contributed by atoms with Crippen LogP contribution in [0.5, 0.6) is 5.75 Å². The zero-order valence-corrected chi connectivity index (χ0v) is 9.92. The van der Waals surface area contributed by atoms with Crippen LogP contribution in [0.15, 0.2) is 22.7 Å². The third-order valence-electron chi connectivity index (χ3n) is 2.29. The molecule has 0 bridgehead atoms. The SMILES string of the molecule is CCCC[C@H](N)c1cccc(Br)c1O. The third-order valence-corrected chi connectivity index (χ3v) is 2.93. The molecule has 3 heteroatoms. The molecule has 0 heterocycles. The standard InChI is InChI=1S/C11H16BrNO/c1-2-3-7-10(13)8-5-4-6-9(12)11(8)14/h4-6,10,14H,2-3,7,13H2,1H3/t10-/m0/s1. The number of hydrogen-bond acceptors (Lipinski definition) is 2. The van der Waals surface area contributed by atoms with Crippen LogP contribution in [0.4, 0.5) is 0 Å². The van der Waals surface area contributed by atoms with Crippen molar-refractivity contribution in [2.75, 3.05) is 0 Å². The van der Waals surface area contributed by atoms with E-state index in [4.69, 9.17) is 5.73 Å². The molecule has 0 spiro atoms. The number of hydrogen-bond donors (Lipinski definition) is 2. The zero-order valence-electron chi connectivity index (χ0n) is 8.33. The molecule has 1 atom stereocenters. The Morgan fingerprint density at radius 3 is 2.86 bits per heavy atom. The minimum absolute atomic E-state index is 0.0625. The second-order valence-electron chi connectivity index (χ2n) is 3.43. The molecule has 0 unspecified atom stereocenters. The summed E-state index contributed by atoms with van der Waals surface area (Å²) in [5.41, 5.74) is 6.80. The Balaban J connectivity index is 2.79. The van der Waals surface area contributed by atoms with Crippen LogP contribution >= 0.6 is 15.9 Å². The first-order chi connectivity index (χ1) is 6.66. The molecule has 0 aliphatic carbocycles. The van der Waals surface area contributed by atoms with Gasteiger partial charge in [-0.3, -0.25) is 0 Å². The van der Waals surface area contributed by atoms with Crippen molar-refractivity contribution in [1.29, 1.82) is 0 Å². The molecule has 78 valence electrons. The van der Waals surface area contributed by atoms with Crippen molar-refractivity contribution in [3.05, 3.63) is 28.2 Å². The second-order valence-corrected chi connectivity index (χ2v) is 4.28. The number of unbranched alkanes of at least 4 members (excludes halogenated alkanes) is 1. The molecule has 1 aromatic carbocycles. The van der Waals surface area contributed by atoms with E-state index >= 15 is 0 Å². The van der Waals surface area contributed by atoms with Gasteiger partial charge in [-0.15, -0.1) is 0 Å². The molecular formula is C11H16BrNO. The van der Waals surface area contributed by atoms with Crippen molar-refractivity contribution in [3.8, 4) is 5.75 Å². The topological polar surface area (TPSA) is 46.2 Å². The summed E-state index contributed by atoms with van der Waals surface area (Å²) in [6.45, 7) is 2.13. The summed E-state index contributed by atoms with van der Waals surface area (Å²) >= 11 is 3.28. The Morgan fingerprint density at radius 1 is 1.50 bits per heavy atom. The lowest BCUT2D eigenvalue weighted by molar-refractivity contribution is 0.453. The van der Waals surface area contributed by atoms with E-state index in [1.807, 2.05) is 18.2 Å². The Bertz CT molecular complexity index is 301. The number of halogens is 1. The first-order valence-corrected chi connectivity index (χ1v) is 5.69. The van der Waals surface area contributed by atoms with Crippen molar-refractivity contribution in [1.82, 2.24) is 0 Å². The molecule has 1 rings (SSSR count). The molecule has 3 N–H and O–H groups in total. The van der Waals surface area contributed by atoms with Crippen LogP contribution in [-0.2, 0) is 0 Å². The highest BCUT2D eigenvalue weighted by Crippen LogP contribution is 2.32. The quantitative estimate of drug-likeness (QED) is 0.869. The zero-order chi connectivity index (χ0) is 10.6. The monoisotopic (exact) mass is 257 g/mol. The van der Waals surface area contributed by atoms with Crippen LogP contribution < -0.4 is 5.73 Å². The number of para-hydroxylation sites is 1. The lowest BCUT2D eigenvalue weighted by atomic mass is 10.0. The Hall–Kier alpha value is -0.540. The average molecular weight is 258 g/mol. The van der Waals surface area contributed by atoms with Gasteiger partial charge in [-0.1, -0.05) is 31.9 Å². The number of rotatable bonds is 4. The summed E-state index contributed by atoms with van der Waals surface area (Å²) in [5.74, 6) is 0.274. The minimum Gasteiger partial charge on any atom is -0.506 e. The molecule has 0 fully saturated rings. The van der Waals surface area contributed by atoms with Crippen LogP contribution in [-0.4, -0.2) is 5.11 Å². The maximum absolute atomic E-state index is 9.74. The van der Waals surface area contributed by atoms with Gasteiger partial charge in [0.1, 0.15) is 5.75 Å². The molecule has 0 aliphatic rings. The van der Waals surface area contributed by atoms with E-state index in [-0.39, 0.29) is 11.8 Å². The Labute approximate surface area is 93.3 Å². The Morgan fingerprint density at radius 2 is 2.21 bits per heavy atom. The van der Waals surface area contributed by atoms with Crippen molar-refractivity contribution >= 4 is 15.9 Å². The van der Waals surface area contributed by atoms with Gasteiger partial charge in [0.15, 0.2) is 0 Å². The molecule has 14 heavy (non-hydrogen) atoms. The van der Waals surface area contributed by atoms with Crippen molar-refractivity contribution in [2.45, 2.75) is 32.2 Å². The summed E-state index contributed by atoms with van der Waals surface area (Å²) in [6.07, 6.45) is 3.14. The number of nitrogens with two attached hydrogens (primary N) is 1. The fraction of sp³-hybridized carbons (Fsp3) is 0.455. The van der Waals surface area contributed by atoms with Crippen molar-refractivity contribution in [2.24, 2.45) is 5.73 Å². The number of aromatic hydroxyl groups is 1. The minimum atomic E-state index is -0.0625. The van der Waals surface area contributed by atoms with Gasteiger partial charge < -0.3 is 10.8 Å². The average Bonchev–Trinajstić information content (AvgIpc) is 2.18. The molecule has 1 aromatic rings. The smallest absolute Gasteiger partial charge is 0.134 e. The summed E-state index contributed by atoms with van der Waals surface area (Å²) in [5, 5.41) is 9.74. The highest BCUT2D eigenvalue weighted by atomic mass is 79.9. The molecular weight excluding hydrogens is 242 g/mol. The van der Waals surface area contributed by atoms with Gasteiger partial charge in [0.25, 0.3) is 0 Å². The first-order valence-electron chi connectivity index (χ1n) is 4.89. The molecule has 0 amide bonds. The Kier molecular flexibility index (Phi) is 4.42. The van der Waals surface area contributed by atoms with E-state index in [1.165, 1.54) is 0 Å². The maximum atomic E-state index is 9.74. The molecule has 0 aromatic heterocycles. The lowest BCUT2D eigenvalue weighted by Crippen LogP contribution is -2.10. The number of phenols is 1. The molecule has 0 saturated carbocycles. The molecule has 2 nitrogen and oxygen atoms in total. The van der Waals surface area contributed by atoms with E-state index in [1.54, 1.807) is 0 Å². The van der Waals surface area contributed by atoms with Gasteiger partial charge in [-0.25, -0.2) is 0 Å². The van der Waals surface area contributed by atoms with Crippen LogP contribution in [0.1, 0.15) is 37.8 Å². The number of benzene rings is 1. The highest BCUT2D eigenvalue weighted by Gasteiger charge is 2.11. The van der Waals surface area contributed by atoms with Crippen LogP contribution in [0.3, 0.4) is 0 Å². The molecule has 0 radical (unpaired) electrons. The van der Waals surface area contributed by atoms with Gasteiger partial charge in [0, 0.05) is 11.6 Å². The van der Waals surface area contributed by atoms with E-state index < -0.39 is 0 Å². The predicted molar refractivity (Wildman–Crippen MR) is 62.3 cm³/mol. The summed E-state index contributed by atoms with van der Waals surface area (Å²) in [6, 6.07) is 5.52. The fourth-order valence-electron chi connectivity index (χ4n) is 1.41. The fourth-order valence-corrected chi connectivity index (χ4v) is 1.79. The molecule has 0 aliphatic heterocycles. The maximum Gasteiger partial charge on any atom is 0.134 e. The van der Waals surface area contributed by atoms with Gasteiger partial charge in [-0.05, 0) is 28.4 Å².